The maximum atomic E-state index is 10.2. The molecule has 4 heteroatoms. The first kappa shape index (κ1) is 10.1. The molecule has 1 rings (SSSR count). The Balaban J connectivity index is 2.45. The minimum atomic E-state index is -1.07. The van der Waals surface area contributed by atoms with Crippen LogP contribution in [0.2, 0.25) is 0 Å². The van der Waals surface area contributed by atoms with E-state index in [2.05, 4.69) is 0 Å². The van der Waals surface area contributed by atoms with E-state index >= 15 is 0 Å². The van der Waals surface area contributed by atoms with Crippen LogP contribution in [0.3, 0.4) is 0 Å². The van der Waals surface area contributed by atoms with Gasteiger partial charge in [-0.05, 0) is 12.1 Å². The smallest absolute Gasteiger partial charge is 0.330 e. The van der Waals surface area contributed by atoms with E-state index in [1.54, 1.807) is 12.1 Å². The maximum Gasteiger partial charge on any atom is 0.330 e. The largest absolute Gasteiger partial charge is 0.487 e. The van der Waals surface area contributed by atoms with Crippen LogP contribution in [-0.4, -0.2) is 17.7 Å². The zero-order chi connectivity index (χ0) is 10.4. The number of nitrogens with two attached hydrogens (primary N) is 1. The third kappa shape index (κ3) is 3.62. The quantitative estimate of drug-likeness (QED) is 0.699. The number of rotatable bonds is 4. The normalized spacial score (nSPS) is 11.0. The van der Waals surface area contributed by atoms with Gasteiger partial charge in [-0.3, -0.25) is 0 Å². The van der Waals surface area contributed by atoms with Gasteiger partial charge in [0.15, 0.2) is 0 Å². The average Bonchev–Trinajstić information content (AvgIpc) is 2.15. The van der Waals surface area contributed by atoms with Crippen LogP contribution >= 0.6 is 0 Å². The molecule has 0 atom stereocenters. The zero-order valence-electron chi connectivity index (χ0n) is 7.51. The highest BCUT2D eigenvalue weighted by molar-refractivity contribution is 5.80. The number of hydrogen-bond acceptors (Lipinski definition) is 3. The van der Waals surface area contributed by atoms with E-state index < -0.39 is 5.97 Å². The molecule has 0 saturated carbocycles. The molecule has 0 fully saturated rings. The van der Waals surface area contributed by atoms with Gasteiger partial charge in [0.1, 0.15) is 12.4 Å². The van der Waals surface area contributed by atoms with E-state index in [4.69, 9.17) is 15.6 Å². The Kier molecular flexibility index (Phi) is 3.55. The van der Waals surface area contributed by atoms with Crippen LogP contribution in [0.1, 0.15) is 0 Å². The van der Waals surface area contributed by atoms with Crippen LogP contribution in [-0.2, 0) is 4.79 Å². The van der Waals surface area contributed by atoms with Gasteiger partial charge in [0.25, 0.3) is 0 Å². The third-order valence-corrected chi connectivity index (χ3v) is 1.46. The molecule has 3 N–H and O–H groups in total. The molecule has 14 heavy (non-hydrogen) atoms. The molecule has 0 aliphatic rings. The Morgan fingerprint density at radius 1 is 1.43 bits per heavy atom. The number of para-hydroxylation sites is 1. The van der Waals surface area contributed by atoms with E-state index in [0.29, 0.717) is 5.75 Å². The minimum absolute atomic E-state index is 0.0797. The van der Waals surface area contributed by atoms with Gasteiger partial charge >= 0.3 is 5.97 Å². The first-order chi connectivity index (χ1) is 6.68. The van der Waals surface area contributed by atoms with Crippen molar-refractivity contribution in [1.29, 1.82) is 0 Å². The lowest BCUT2D eigenvalue weighted by Gasteiger charge is -2.04. The summed E-state index contributed by atoms with van der Waals surface area (Å²) in [6, 6.07) is 9.06. The molecule has 0 unspecified atom stereocenters. The molecular weight excluding hydrogens is 182 g/mol. The highest BCUT2D eigenvalue weighted by Crippen LogP contribution is 2.08. The Bertz CT molecular complexity index is 332. The second kappa shape index (κ2) is 4.91. The number of ether oxygens (including phenoxy) is 1. The summed E-state index contributed by atoms with van der Waals surface area (Å²) in [5, 5.41) is 8.37. The van der Waals surface area contributed by atoms with Crippen molar-refractivity contribution < 1.29 is 14.6 Å². The number of benzene rings is 1. The summed E-state index contributed by atoms with van der Waals surface area (Å²) in [6.07, 6.45) is 0.920. The van der Waals surface area contributed by atoms with Crippen molar-refractivity contribution in [3.8, 4) is 5.75 Å². The van der Waals surface area contributed by atoms with Crippen molar-refractivity contribution in [2.75, 3.05) is 6.61 Å². The highest BCUT2D eigenvalue weighted by atomic mass is 16.5. The molecule has 0 aromatic heterocycles. The van der Waals surface area contributed by atoms with Crippen LogP contribution in [0.4, 0.5) is 0 Å². The predicted molar refractivity (Wildman–Crippen MR) is 51.8 cm³/mol. The average molecular weight is 193 g/mol. The summed E-state index contributed by atoms with van der Waals surface area (Å²) < 4.78 is 5.21. The first-order valence-corrected chi connectivity index (χ1v) is 4.05. The number of carboxylic acids is 1. The molecule has 1 aromatic carbocycles. The zero-order valence-corrected chi connectivity index (χ0v) is 7.51. The van der Waals surface area contributed by atoms with E-state index in [-0.39, 0.29) is 12.3 Å². The fraction of sp³-hybridized carbons (Fsp3) is 0.100. The van der Waals surface area contributed by atoms with Crippen LogP contribution in [0.5, 0.6) is 5.75 Å². The lowest BCUT2D eigenvalue weighted by Crippen LogP contribution is -2.11. The molecule has 1 aromatic rings. The summed E-state index contributed by atoms with van der Waals surface area (Å²) in [5.74, 6) is -0.409. The number of aliphatic carboxylic acids is 1. The number of carboxylic acid groups (broad SMARTS) is 1. The molecule has 0 saturated heterocycles. The lowest BCUT2D eigenvalue weighted by molar-refractivity contribution is -0.131. The SMILES string of the molecule is N/C(=C\C(=O)O)COc1ccccc1. The van der Waals surface area contributed by atoms with E-state index in [0.717, 1.165) is 6.08 Å². The summed E-state index contributed by atoms with van der Waals surface area (Å²) in [7, 11) is 0. The van der Waals surface area contributed by atoms with E-state index in [1.807, 2.05) is 18.2 Å². The van der Waals surface area contributed by atoms with Gasteiger partial charge in [-0.1, -0.05) is 18.2 Å². The fourth-order valence-corrected chi connectivity index (χ4v) is 0.884. The molecule has 0 aliphatic carbocycles. The number of hydrogen-bond donors (Lipinski definition) is 2. The molecular formula is C10H11NO3. The Morgan fingerprint density at radius 2 is 2.07 bits per heavy atom. The monoisotopic (exact) mass is 193 g/mol. The van der Waals surface area contributed by atoms with Crippen molar-refractivity contribution in [2.24, 2.45) is 5.73 Å². The van der Waals surface area contributed by atoms with Gasteiger partial charge in [-0.15, -0.1) is 0 Å². The van der Waals surface area contributed by atoms with Crippen LogP contribution < -0.4 is 10.5 Å². The summed E-state index contributed by atoms with van der Waals surface area (Å²) in [4.78, 5) is 10.2. The fourth-order valence-electron chi connectivity index (χ4n) is 0.884. The van der Waals surface area contributed by atoms with Gasteiger partial charge < -0.3 is 15.6 Å². The van der Waals surface area contributed by atoms with Gasteiger partial charge in [0, 0.05) is 6.08 Å². The second-order valence-electron chi connectivity index (χ2n) is 2.66. The van der Waals surface area contributed by atoms with Crippen molar-refractivity contribution in [2.45, 2.75) is 0 Å². The highest BCUT2D eigenvalue weighted by Gasteiger charge is 1.96. The van der Waals surface area contributed by atoms with Crippen molar-refractivity contribution in [3.63, 3.8) is 0 Å². The van der Waals surface area contributed by atoms with Gasteiger partial charge in [-0.25, -0.2) is 4.79 Å². The van der Waals surface area contributed by atoms with Gasteiger partial charge in [0.05, 0.1) is 5.70 Å². The van der Waals surface area contributed by atoms with Crippen molar-refractivity contribution in [1.82, 2.24) is 0 Å². The molecule has 0 aliphatic heterocycles. The summed E-state index contributed by atoms with van der Waals surface area (Å²) >= 11 is 0. The number of carbonyl (C=O) groups is 1. The van der Waals surface area contributed by atoms with Gasteiger partial charge in [0.2, 0.25) is 0 Å². The molecule has 0 heterocycles. The Labute approximate surface area is 81.6 Å². The van der Waals surface area contributed by atoms with Crippen LogP contribution in [0.15, 0.2) is 42.1 Å². The summed E-state index contributed by atoms with van der Waals surface area (Å²) in [6.45, 7) is 0.0797. The molecule has 0 radical (unpaired) electrons. The van der Waals surface area contributed by atoms with Gasteiger partial charge in [-0.2, -0.15) is 0 Å². The topological polar surface area (TPSA) is 72.6 Å². The van der Waals surface area contributed by atoms with Crippen molar-refractivity contribution >= 4 is 5.97 Å². The van der Waals surface area contributed by atoms with Crippen molar-refractivity contribution in [3.05, 3.63) is 42.1 Å². The predicted octanol–water partition coefficient (Wildman–Crippen LogP) is 0.993. The van der Waals surface area contributed by atoms with Crippen LogP contribution in [0, 0.1) is 0 Å². The molecule has 0 amide bonds. The Morgan fingerprint density at radius 3 is 2.64 bits per heavy atom. The summed E-state index contributed by atoms with van der Waals surface area (Å²) in [5.41, 5.74) is 5.56. The molecule has 0 spiro atoms. The molecule has 4 nitrogen and oxygen atoms in total. The Hall–Kier alpha value is -1.97. The minimum Gasteiger partial charge on any atom is -0.487 e. The maximum absolute atomic E-state index is 10.2. The third-order valence-electron chi connectivity index (χ3n) is 1.46. The molecule has 0 bridgehead atoms. The lowest BCUT2D eigenvalue weighted by atomic mass is 10.3. The van der Waals surface area contributed by atoms with Crippen LogP contribution in [0.25, 0.3) is 0 Å². The standard InChI is InChI=1S/C10H11NO3/c11-8(6-10(12)13)7-14-9-4-2-1-3-5-9/h1-6H,7,11H2,(H,12,13)/b8-6-. The first-order valence-electron chi connectivity index (χ1n) is 4.05. The molecule has 74 valence electrons. The van der Waals surface area contributed by atoms with E-state index in [1.165, 1.54) is 0 Å². The van der Waals surface area contributed by atoms with E-state index in [9.17, 15) is 4.79 Å². The second-order valence-corrected chi connectivity index (χ2v) is 2.66.